The van der Waals surface area contributed by atoms with Crippen LogP contribution in [0.4, 0.5) is 4.79 Å². The Morgan fingerprint density at radius 2 is 1.94 bits per heavy atom. The summed E-state index contributed by atoms with van der Waals surface area (Å²) in [6.45, 7) is 5.51. The first-order valence-electron chi connectivity index (χ1n) is 9.94. The normalized spacial score (nSPS) is 19.8. The molecule has 2 N–H and O–H groups in total. The number of carbonyl (C=O) groups is 3. The van der Waals surface area contributed by atoms with Crippen LogP contribution >= 0.6 is 0 Å². The van der Waals surface area contributed by atoms with E-state index in [0.717, 1.165) is 0 Å². The van der Waals surface area contributed by atoms with E-state index < -0.39 is 46.0 Å². The number of benzene rings is 1. The number of nitrogens with zero attached hydrogens (tertiary/aromatic N) is 2. The molecule has 11 heteroatoms. The Bertz CT molecular complexity index is 1030. The third kappa shape index (κ3) is 5.60. The summed E-state index contributed by atoms with van der Waals surface area (Å²) >= 11 is 0. The number of amides is 3. The molecule has 0 saturated carbocycles. The molecule has 0 radical (unpaired) electrons. The van der Waals surface area contributed by atoms with Crippen molar-refractivity contribution in [2.45, 2.75) is 44.0 Å². The van der Waals surface area contributed by atoms with E-state index in [2.05, 4.69) is 15.0 Å². The third-order valence-electron chi connectivity index (χ3n) is 4.75. The van der Waals surface area contributed by atoms with Crippen molar-refractivity contribution < 1.29 is 27.5 Å². The van der Waals surface area contributed by atoms with Gasteiger partial charge in [0, 0.05) is 24.2 Å². The summed E-state index contributed by atoms with van der Waals surface area (Å²) in [6.07, 6.45) is 1.18. The molecule has 1 aromatic rings. The fourth-order valence-electron chi connectivity index (χ4n) is 3.47. The SMILES string of the molecule is CC(C)(C)NC(=O)NC(=O)COC(=O)[C@H]1CCCN(C2=NS(=O)(=O)c3ccccc32)C1. The minimum atomic E-state index is -3.75. The largest absolute Gasteiger partial charge is 0.455 e. The van der Waals surface area contributed by atoms with E-state index in [1.165, 1.54) is 6.07 Å². The molecule has 0 aliphatic carbocycles. The highest BCUT2D eigenvalue weighted by molar-refractivity contribution is 7.90. The number of ether oxygens (including phenoxy) is 1. The smallest absolute Gasteiger partial charge is 0.321 e. The van der Waals surface area contributed by atoms with Gasteiger partial charge in [-0.25, -0.2) is 4.79 Å². The lowest BCUT2D eigenvalue weighted by Crippen LogP contribution is -2.49. The molecule has 2 heterocycles. The lowest BCUT2D eigenvalue weighted by atomic mass is 9.97. The van der Waals surface area contributed by atoms with Gasteiger partial charge in [-0.15, -0.1) is 4.40 Å². The van der Waals surface area contributed by atoms with Gasteiger partial charge in [-0.1, -0.05) is 12.1 Å². The van der Waals surface area contributed by atoms with Crippen molar-refractivity contribution in [1.29, 1.82) is 0 Å². The fourth-order valence-corrected chi connectivity index (χ4v) is 4.70. The number of esters is 1. The fraction of sp³-hybridized carbons (Fsp3) is 0.500. The van der Waals surface area contributed by atoms with E-state index in [1.807, 2.05) is 0 Å². The number of piperidine rings is 1. The van der Waals surface area contributed by atoms with Crippen LogP contribution in [0.5, 0.6) is 0 Å². The van der Waals surface area contributed by atoms with E-state index in [9.17, 15) is 22.8 Å². The van der Waals surface area contributed by atoms with E-state index in [4.69, 9.17) is 4.74 Å². The molecule has 1 aromatic carbocycles. The van der Waals surface area contributed by atoms with Crippen molar-refractivity contribution in [2.75, 3.05) is 19.7 Å². The van der Waals surface area contributed by atoms with E-state index in [1.54, 1.807) is 43.9 Å². The molecule has 2 aliphatic rings. The maximum atomic E-state index is 12.5. The molecular formula is C20H26N4O6S. The molecule has 0 bridgehead atoms. The Labute approximate surface area is 181 Å². The second-order valence-corrected chi connectivity index (χ2v) is 10.1. The van der Waals surface area contributed by atoms with Gasteiger partial charge in [0.25, 0.3) is 15.9 Å². The zero-order valence-corrected chi connectivity index (χ0v) is 18.5. The first-order valence-corrected chi connectivity index (χ1v) is 11.4. The number of nitrogens with one attached hydrogen (secondary N) is 2. The van der Waals surface area contributed by atoms with Crippen LogP contribution < -0.4 is 10.6 Å². The molecule has 31 heavy (non-hydrogen) atoms. The van der Waals surface area contributed by atoms with Crippen LogP contribution in [0.1, 0.15) is 39.2 Å². The number of hydrogen-bond acceptors (Lipinski definition) is 7. The molecule has 168 valence electrons. The summed E-state index contributed by atoms with van der Waals surface area (Å²) in [5, 5.41) is 4.68. The van der Waals surface area contributed by atoms with Gasteiger partial charge in [0.05, 0.1) is 5.92 Å². The molecule has 0 aromatic heterocycles. The van der Waals surface area contributed by atoms with Crippen molar-refractivity contribution in [1.82, 2.24) is 15.5 Å². The molecule has 0 unspecified atom stereocenters. The second kappa shape index (κ2) is 8.66. The van der Waals surface area contributed by atoms with Crippen molar-refractivity contribution in [3.63, 3.8) is 0 Å². The van der Waals surface area contributed by atoms with Gasteiger partial charge < -0.3 is 15.0 Å². The predicted molar refractivity (Wildman–Crippen MR) is 112 cm³/mol. The molecule has 2 aliphatic heterocycles. The van der Waals surface area contributed by atoms with Crippen molar-refractivity contribution in [3.8, 4) is 0 Å². The Balaban J connectivity index is 1.57. The van der Waals surface area contributed by atoms with Gasteiger partial charge >= 0.3 is 12.0 Å². The lowest BCUT2D eigenvalue weighted by Gasteiger charge is -2.32. The molecule has 3 amide bonds. The number of sulfonamides is 1. The summed E-state index contributed by atoms with van der Waals surface area (Å²) in [7, 11) is -3.75. The van der Waals surface area contributed by atoms with Crippen LogP contribution in [0.25, 0.3) is 0 Å². The number of rotatable bonds is 3. The van der Waals surface area contributed by atoms with Crippen LogP contribution in [0, 0.1) is 5.92 Å². The Hall–Kier alpha value is -2.95. The topological polar surface area (TPSA) is 134 Å². The molecule has 3 rings (SSSR count). The van der Waals surface area contributed by atoms with Crippen LogP contribution in [-0.4, -0.2) is 62.3 Å². The molecule has 10 nitrogen and oxygen atoms in total. The van der Waals surface area contributed by atoms with Gasteiger partial charge in [0.2, 0.25) is 0 Å². The first kappa shape index (κ1) is 22.7. The van der Waals surface area contributed by atoms with Crippen LogP contribution in [0.2, 0.25) is 0 Å². The molecular weight excluding hydrogens is 424 g/mol. The quantitative estimate of drug-likeness (QED) is 0.657. The van der Waals surface area contributed by atoms with Gasteiger partial charge in [-0.05, 0) is 45.7 Å². The average Bonchev–Trinajstić information content (AvgIpc) is 2.96. The number of urea groups is 1. The Morgan fingerprint density at radius 1 is 1.23 bits per heavy atom. The summed E-state index contributed by atoms with van der Waals surface area (Å²) < 4.78 is 33.6. The summed E-state index contributed by atoms with van der Waals surface area (Å²) in [6, 6.07) is 5.90. The minimum absolute atomic E-state index is 0.153. The summed E-state index contributed by atoms with van der Waals surface area (Å²) in [4.78, 5) is 37.9. The standard InChI is InChI=1S/C20H26N4O6S/c1-20(2,3)22-19(27)21-16(25)12-30-18(26)13-7-6-10-24(11-13)17-14-8-4-5-9-15(14)31(28,29)23-17/h4-5,8-9,13H,6-7,10-12H2,1-3H3,(H2,21,22,25,27)/t13-/m0/s1. The summed E-state index contributed by atoms with van der Waals surface area (Å²) in [5.74, 6) is -1.53. The van der Waals surface area contributed by atoms with Crippen molar-refractivity contribution in [2.24, 2.45) is 10.3 Å². The molecule has 1 atom stereocenters. The highest BCUT2D eigenvalue weighted by Gasteiger charge is 2.35. The van der Waals surface area contributed by atoms with E-state index >= 15 is 0 Å². The van der Waals surface area contributed by atoms with Gasteiger partial charge in [-0.2, -0.15) is 8.42 Å². The highest BCUT2D eigenvalue weighted by Crippen LogP contribution is 2.29. The number of carbonyl (C=O) groups excluding carboxylic acids is 3. The zero-order chi connectivity index (χ0) is 22.8. The number of likely N-dealkylation sites (tertiary alicyclic amines) is 1. The second-order valence-electron chi connectivity index (χ2n) is 8.53. The van der Waals surface area contributed by atoms with E-state index in [0.29, 0.717) is 30.8 Å². The third-order valence-corrected chi connectivity index (χ3v) is 6.08. The first-order chi connectivity index (χ1) is 14.5. The maximum absolute atomic E-state index is 12.5. The van der Waals surface area contributed by atoms with Crippen LogP contribution in [0.3, 0.4) is 0 Å². The predicted octanol–water partition coefficient (Wildman–Crippen LogP) is 1.02. The van der Waals surface area contributed by atoms with Crippen molar-refractivity contribution in [3.05, 3.63) is 29.8 Å². The Morgan fingerprint density at radius 3 is 2.65 bits per heavy atom. The maximum Gasteiger partial charge on any atom is 0.321 e. The van der Waals surface area contributed by atoms with Crippen molar-refractivity contribution >= 4 is 33.8 Å². The molecule has 0 spiro atoms. The monoisotopic (exact) mass is 450 g/mol. The lowest BCUT2D eigenvalue weighted by molar-refractivity contribution is -0.153. The number of amidine groups is 1. The van der Waals surface area contributed by atoms with Gasteiger partial charge in [-0.3, -0.25) is 14.9 Å². The van der Waals surface area contributed by atoms with Gasteiger partial charge in [0.1, 0.15) is 4.90 Å². The van der Waals surface area contributed by atoms with E-state index in [-0.39, 0.29) is 11.4 Å². The Kier molecular flexibility index (Phi) is 6.35. The van der Waals surface area contributed by atoms with Gasteiger partial charge in [0.15, 0.2) is 12.4 Å². The molecule has 1 saturated heterocycles. The summed E-state index contributed by atoms with van der Waals surface area (Å²) in [5.41, 5.74) is 0.00234. The average molecular weight is 451 g/mol. The minimum Gasteiger partial charge on any atom is -0.455 e. The van der Waals surface area contributed by atoms with Crippen LogP contribution in [-0.2, 0) is 24.3 Å². The van der Waals surface area contributed by atoms with Crippen LogP contribution in [0.15, 0.2) is 33.6 Å². The highest BCUT2D eigenvalue weighted by atomic mass is 32.2. The number of imide groups is 1. The number of fused-ring (bicyclic) bond motifs is 1. The molecule has 1 fully saturated rings. The number of hydrogen-bond donors (Lipinski definition) is 2. The zero-order valence-electron chi connectivity index (χ0n) is 17.7.